The fourth-order valence-electron chi connectivity index (χ4n) is 1.60. The molecule has 0 spiro atoms. The summed E-state index contributed by atoms with van der Waals surface area (Å²) < 4.78 is 37.6. The summed E-state index contributed by atoms with van der Waals surface area (Å²) in [5.41, 5.74) is -0.495. The second kappa shape index (κ2) is 6.27. The molecule has 0 N–H and O–H groups in total. The third-order valence-corrected chi connectivity index (χ3v) is 2.76. The molecule has 6 heteroatoms. The molecule has 0 aromatic heterocycles. The fourth-order valence-corrected chi connectivity index (χ4v) is 1.60. The zero-order valence-corrected chi connectivity index (χ0v) is 11.5. The van der Waals surface area contributed by atoms with Crippen molar-refractivity contribution in [3.05, 3.63) is 53.8 Å². The average Bonchev–Trinajstić information content (AvgIpc) is 2.42. The Labute approximate surface area is 120 Å². The Bertz CT molecular complexity index is 639. The third-order valence-electron chi connectivity index (χ3n) is 2.76. The highest BCUT2D eigenvalue weighted by Gasteiger charge is 2.31. The van der Waals surface area contributed by atoms with E-state index in [4.69, 9.17) is 5.26 Å². The van der Waals surface area contributed by atoms with Gasteiger partial charge in [-0.05, 0) is 24.3 Å². The smallest absolute Gasteiger partial charge is 0.342 e. The highest BCUT2D eigenvalue weighted by molar-refractivity contribution is 5.97. The first-order valence-electron chi connectivity index (χ1n) is 5.89. The Morgan fingerprint density at radius 3 is 2.52 bits per heavy atom. The first-order chi connectivity index (χ1) is 9.66. The molecule has 0 heterocycles. The molecule has 3 nitrogen and oxygen atoms in total. The fraction of sp³-hybridized carbons (Fsp3) is 0.200. The lowest BCUT2D eigenvalue weighted by Gasteiger charge is -2.22. The van der Waals surface area contributed by atoms with E-state index in [0.717, 1.165) is 0 Å². The average molecular weight is 294 g/mol. The molecule has 0 saturated carbocycles. The molecule has 0 unspecified atom stereocenters. The van der Waals surface area contributed by atoms with Crippen LogP contribution in [0.4, 0.5) is 18.9 Å². The number of Topliss-reactive ketones (excluding diaryl/α,β-unsaturated/α-hetero) is 1. The van der Waals surface area contributed by atoms with Gasteiger partial charge < -0.3 is 4.90 Å². The van der Waals surface area contributed by atoms with Crippen molar-refractivity contribution < 1.29 is 18.0 Å². The van der Waals surface area contributed by atoms with Crippen molar-refractivity contribution in [2.24, 2.45) is 0 Å². The van der Waals surface area contributed by atoms with Crippen LogP contribution < -0.4 is 4.90 Å². The Hall–Kier alpha value is -2.55. The highest BCUT2D eigenvalue weighted by atomic mass is 19.4. The van der Waals surface area contributed by atoms with E-state index in [2.05, 4.69) is 6.58 Å². The molecule has 1 aromatic carbocycles. The quantitative estimate of drug-likeness (QED) is 0.629. The van der Waals surface area contributed by atoms with Gasteiger partial charge in [-0.2, -0.15) is 18.4 Å². The molecule has 1 aromatic rings. The lowest BCUT2D eigenvalue weighted by atomic mass is 10.1. The number of carbonyl (C=O) groups excluding carboxylic acids is 1. The summed E-state index contributed by atoms with van der Waals surface area (Å²) in [5, 5.41) is 8.83. The van der Waals surface area contributed by atoms with E-state index in [1.165, 1.54) is 24.9 Å². The normalized spacial score (nSPS) is 11.7. The molecule has 110 valence electrons. The highest BCUT2D eigenvalue weighted by Crippen LogP contribution is 2.27. The number of hydrogen-bond acceptors (Lipinski definition) is 3. The number of allylic oxidation sites excluding steroid dienone is 3. The lowest BCUT2D eigenvalue weighted by molar-refractivity contribution is -0.113. The van der Waals surface area contributed by atoms with Gasteiger partial charge in [-0.3, -0.25) is 4.79 Å². The van der Waals surface area contributed by atoms with Gasteiger partial charge in [0, 0.05) is 19.7 Å². The van der Waals surface area contributed by atoms with Crippen LogP contribution in [0.5, 0.6) is 0 Å². The number of carbonyl (C=O) groups is 1. The minimum Gasteiger partial charge on any atom is -0.342 e. The Kier molecular flexibility index (Phi) is 4.93. The van der Waals surface area contributed by atoms with E-state index in [1.807, 2.05) is 6.07 Å². The Balaban J connectivity index is 3.23. The van der Waals surface area contributed by atoms with Gasteiger partial charge in [0.1, 0.15) is 0 Å². The lowest BCUT2D eigenvalue weighted by Crippen LogP contribution is -2.23. The molecular formula is C15H13F3N2O. The van der Waals surface area contributed by atoms with Crippen molar-refractivity contribution >= 4 is 11.5 Å². The molecule has 1 rings (SSSR count). The summed E-state index contributed by atoms with van der Waals surface area (Å²) in [5.74, 6) is -0.537. The number of alkyl halides is 3. The van der Waals surface area contributed by atoms with Crippen LogP contribution in [0, 0.1) is 11.3 Å². The van der Waals surface area contributed by atoms with Crippen LogP contribution in [-0.4, -0.2) is 19.0 Å². The third kappa shape index (κ3) is 4.21. The first kappa shape index (κ1) is 16.5. The predicted molar refractivity (Wildman–Crippen MR) is 73.5 cm³/mol. The summed E-state index contributed by atoms with van der Waals surface area (Å²) in [6.45, 7) is 4.09. The number of rotatable bonds is 4. The van der Waals surface area contributed by atoms with Gasteiger partial charge in [-0.25, -0.2) is 0 Å². The molecule has 21 heavy (non-hydrogen) atoms. The monoisotopic (exact) mass is 294 g/mol. The van der Waals surface area contributed by atoms with Crippen molar-refractivity contribution in [3.8, 4) is 6.07 Å². The maximum absolute atomic E-state index is 12.5. The molecule has 0 atom stereocenters. The Morgan fingerprint density at radius 2 is 2.05 bits per heavy atom. The molecule has 0 fully saturated rings. The van der Waals surface area contributed by atoms with Crippen LogP contribution in [-0.2, 0) is 4.79 Å². The minimum atomic E-state index is -4.60. The standard InChI is InChI=1S/C15H13F3N2O/c1-10(15(16,17)18)7-14(11(2)21)20(3)13-6-4-5-12(8-13)9-19/h4-8H,1H2,2-3H3/b14-7-. The van der Waals surface area contributed by atoms with Crippen LogP contribution >= 0.6 is 0 Å². The topological polar surface area (TPSA) is 44.1 Å². The van der Waals surface area contributed by atoms with Crippen LogP contribution in [0.1, 0.15) is 12.5 Å². The number of nitrogens with zero attached hydrogens (tertiary/aromatic N) is 2. The summed E-state index contributed by atoms with van der Waals surface area (Å²) in [4.78, 5) is 12.9. The van der Waals surface area contributed by atoms with Gasteiger partial charge in [-0.15, -0.1) is 0 Å². The molecular weight excluding hydrogens is 281 g/mol. The van der Waals surface area contributed by atoms with Gasteiger partial charge in [0.15, 0.2) is 5.78 Å². The molecule has 0 radical (unpaired) electrons. The van der Waals surface area contributed by atoms with Crippen molar-refractivity contribution in [2.45, 2.75) is 13.1 Å². The van der Waals surface area contributed by atoms with E-state index in [1.54, 1.807) is 18.2 Å². The number of benzene rings is 1. The van der Waals surface area contributed by atoms with E-state index in [-0.39, 0.29) is 5.70 Å². The van der Waals surface area contributed by atoms with Gasteiger partial charge in [0.05, 0.1) is 22.9 Å². The van der Waals surface area contributed by atoms with Gasteiger partial charge in [0.2, 0.25) is 0 Å². The van der Waals surface area contributed by atoms with Crippen molar-refractivity contribution in [1.82, 2.24) is 0 Å². The molecule has 0 aliphatic heterocycles. The molecule has 0 saturated heterocycles. The van der Waals surface area contributed by atoms with Crippen LogP contribution in [0.25, 0.3) is 0 Å². The van der Waals surface area contributed by atoms with Crippen molar-refractivity contribution in [3.63, 3.8) is 0 Å². The molecule has 0 aliphatic rings. The largest absolute Gasteiger partial charge is 0.415 e. The number of hydrogen-bond donors (Lipinski definition) is 0. The minimum absolute atomic E-state index is 0.160. The second-order valence-electron chi connectivity index (χ2n) is 4.33. The first-order valence-corrected chi connectivity index (χ1v) is 5.89. The summed E-state index contributed by atoms with van der Waals surface area (Å²) >= 11 is 0. The Morgan fingerprint density at radius 1 is 1.43 bits per heavy atom. The van der Waals surface area contributed by atoms with E-state index < -0.39 is 17.5 Å². The molecule has 0 amide bonds. The van der Waals surface area contributed by atoms with Crippen molar-refractivity contribution in [1.29, 1.82) is 5.26 Å². The van der Waals surface area contributed by atoms with E-state index >= 15 is 0 Å². The molecule has 0 bridgehead atoms. The SMILES string of the molecule is C=C(/C=C(/C(C)=O)N(C)c1cccc(C#N)c1)C(F)(F)F. The number of nitriles is 1. The summed E-state index contributed by atoms with van der Waals surface area (Å²) in [7, 11) is 1.45. The number of likely N-dealkylation sites (N-methyl/N-ethyl adjacent to an activating group) is 1. The van der Waals surface area contributed by atoms with Gasteiger partial charge >= 0.3 is 6.18 Å². The zero-order valence-electron chi connectivity index (χ0n) is 11.5. The zero-order chi connectivity index (χ0) is 16.2. The maximum atomic E-state index is 12.5. The summed E-state index contributed by atoms with van der Waals surface area (Å²) in [6.07, 6.45) is -3.91. The molecule has 0 aliphatic carbocycles. The van der Waals surface area contributed by atoms with E-state index in [0.29, 0.717) is 17.3 Å². The van der Waals surface area contributed by atoms with Gasteiger partial charge in [0.25, 0.3) is 0 Å². The summed E-state index contributed by atoms with van der Waals surface area (Å²) in [6, 6.07) is 8.14. The van der Waals surface area contributed by atoms with E-state index in [9.17, 15) is 18.0 Å². The maximum Gasteiger partial charge on any atom is 0.415 e. The van der Waals surface area contributed by atoms with Crippen LogP contribution in [0.2, 0.25) is 0 Å². The number of halogens is 3. The van der Waals surface area contributed by atoms with Crippen LogP contribution in [0.3, 0.4) is 0 Å². The number of anilines is 1. The van der Waals surface area contributed by atoms with Crippen molar-refractivity contribution in [2.75, 3.05) is 11.9 Å². The second-order valence-corrected chi connectivity index (χ2v) is 4.33. The number of ketones is 1. The predicted octanol–water partition coefficient (Wildman–Crippen LogP) is 3.59. The van der Waals surface area contributed by atoms with Crippen LogP contribution in [0.15, 0.2) is 48.2 Å². The van der Waals surface area contributed by atoms with Gasteiger partial charge in [-0.1, -0.05) is 12.6 Å².